The fourth-order valence-corrected chi connectivity index (χ4v) is 4.29. The number of piperazine rings is 1. The van der Waals surface area contributed by atoms with Crippen molar-refractivity contribution in [3.63, 3.8) is 0 Å². The molecule has 0 radical (unpaired) electrons. The van der Waals surface area contributed by atoms with Crippen LogP contribution in [0, 0.1) is 0 Å². The molecule has 1 atom stereocenters. The van der Waals surface area contributed by atoms with E-state index < -0.39 is 0 Å². The van der Waals surface area contributed by atoms with E-state index in [1.54, 1.807) is 24.5 Å². The minimum Gasteiger partial charge on any atom is -0.335 e. The molecule has 2 aliphatic heterocycles. The molecule has 3 heterocycles. The van der Waals surface area contributed by atoms with E-state index in [0.717, 1.165) is 19.4 Å². The molecule has 3 aliphatic rings. The summed E-state index contributed by atoms with van der Waals surface area (Å²) in [5.41, 5.74) is 0.624. The van der Waals surface area contributed by atoms with Crippen molar-refractivity contribution < 1.29 is 9.59 Å². The number of fused-ring (bicyclic) bond motifs is 1. The van der Waals surface area contributed by atoms with Gasteiger partial charge in [0.15, 0.2) is 0 Å². The molecule has 0 spiro atoms. The van der Waals surface area contributed by atoms with Gasteiger partial charge in [-0.25, -0.2) is 4.79 Å². The second-order valence-corrected chi connectivity index (χ2v) is 7.07. The summed E-state index contributed by atoms with van der Waals surface area (Å²) in [5, 5.41) is 0. The number of carbonyl (C=O) groups is 2. The molecule has 3 amide bonds. The molecular weight excluding hydrogens is 304 g/mol. The molecule has 2 saturated heterocycles. The molecule has 24 heavy (non-hydrogen) atoms. The Bertz CT molecular complexity index is 615. The molecule has 128 valence electrons. The standard InChI is InChI=1S/C18H24N4O2/c23-17(14-5-4-8-19-11-14)20-9-10-21-16(12-20)13-22(18(21)24)15-6-2-1-3-7-15/h4-5,8,11,15-16H,1-3,6-7,9-10,12-13H2/t16-/m1/s1. The Morgan fingerprint density at radius 1 is 1.04 bits per heavy atom. The summed E-state index contributed by atoms with van der Waals surface area (Å²) < 4.78 is 0. The van der Waals surface area contributed by atoms with E-state index in [9.17, 15) is 9.59 Å². The summed E-state index contributed by atoms with van der Waals surface area (Å²) in [6.45, 7) is 2.64. The lowest BCUT2D eigenvalue weighted by Crippen LogP contribution is -2.53. The van der Waals surface area contributed by atoms with E-state index in [1.165, 1.54) is 19.3 Å². The van der Waals surface area contributed by atoms with Crippen LogP contribution in [0.15, 0.2) is 24.5 Å². The third-order valence-electron chi connectivity index (χ3n) is 5.59. The van der Waals surface area contributed by atoms with Crippen LogP contribution < -0.4 is 0 Å². The zero-order chi connectivity index (χ0) is 16.5. The van der Waals surface area contributed by atoms with Crippen LogP contribution in [0.25, 0.3) is 0 Å². The van der Waals surface area contributed by atoms with Crippen molar-refractivity contribution >= 4 is 11.9 Å². The molecule has 0 unspecified atom stereocenters. The lowest BCUT2D eigenvalue weighted by atomic mass is 9.94. The average molecular weight is 328 g/mol. The highest BCUT2D eigenvalue weighted by atomic mass is 16.2. The molecule has 1 aromatic rings. The molecule has 4 rings (SSSR count). The normalized spacial score (nSPS) is 25.1. The van der Waals surface area contributed by atoms with Gasteiger partial charge >= 0.3 is 6.03 Å². The highest BCUT2D eigenvalue weighted by molar-refractivity contribution is 5.94. The molecule has 0 N–H and O–H groups in total. The van der Waals surface area contributed by atoms with Gasteiger partial charge in [-0.3, -0.25) is 9.78 Å². The predicted octanol–water partition coefficient (Wildman–Crippen LogP) is 1.98. The highest BCUT2D eigenvalue weighted by Gasteiger charge is 2.44. The van der Waals surface area contributed by atoms with Crippen LogP contribution in [0.4, 0.5) is 4.79 Å². The maximum atomic E-state index is 12.7. The molecule has 3 fully saturated rings. The molecule has 6 heteroatoms. The molecule has 0 bridgehead atoms. The van der Waals surface area contributed by atoms with Crippen LogP contribution in [0.3, 0.4) is 0 Å². The van der Waals surface area contributed by atoms with E-state index in [4.69, 9.17) is 0 Å². The van der Waals surface area contributed by atoms with Gasteiger partial charge in [0.05, 0.1) is 11.6 Å². The predicted molar refractivity (Wildman–Crippen MR) is 89.6 cm³/mol. The number of hydrogen-bond acceptors (Lipinski definition) is 3. The SMILES string of the molecule is O=C(c1cccnc1)N1CCN2C(=O)N(C3CCCCC3)C[C@H]2C1. The number of pyridine rings is 1. The summed E-state index contributed by atoms with van der Waals surface area (Å²) in [6, 6.07) is 4.30. The smallest absolute Gasteiger partial charge is 0.320 e. The Balaban J connectivity index is 1.44. The van der Waals surface area contributed by atoms with Crippen molar-refractivity contribution in [1.82, 2.24) is 19.7 Å². The third kappa shape index (κ3) is 2.74. The second-order valence-electron chi connectivity index (χ2n) is 7.07. The summed E-state index contributed by atoms with van der Waals surface area (Å²) in [4.78, 5) is 35.3. The van der Waals surface area contributed by atoms with E-state index in [2.05, 4.69) is 9.88 Å². The van der Waals surface area contributed by atoms with Crippen molar-refractivity contribution in [2.24, 2.45) is 0 Å². The lowest BCUT2D eigenvalue weighted by molar-refractivity contribution is 0.0616. The Hall–Kier alpha value is -2.11. The van der Waals surface area contributed by atoms with Crippen LogP contribution in [0.1, 0.15) is 42.5 Å². The highest BCUT2D eigenvalue weighted by Crippen LogP contribution is 2.29. The second kappa shape index (κ2) is 6.42. The summed E-state index contributed by atoms with van der Waals surface area (Å²) in [6.07, 6.45) is 9.29. The maximum Gasteiger partial charge on any atom is 0.320 e. The minimum absolute atomic E-state index is 0.0197. The Morgan fingerprint density at radius 2 is 1.88 bits per heavy atom. The first kappa shape index (κ1) is 15.4. The number of aromatic nitrogens is 1. The van der Waals surface area contributed by atoms with Crippen molar-refractivity contribution in [2.75, 3.05) is 26.2 Å². The number of urea groups is 1. The topological polar surface area (TPSA) is 56.8 Å². The van der Waals surface area contributed by atoms with Crippen LogP contribution >= 0.6 is 0 Å². The Labute approximate surface area is 142 Å². The van der Waals surface area contributed by atoms with Gasteiger partial charge in [-0.2, -0.15) is 0 Å². The number of nitrogens with zero attached hydrogens (tertiary/aromatic N) is 4. The summed E-state index contributed by atoms with van der Waals surface area (Å²) in [7, 11) is 0. The van der Waals surface area contributed by atoms with Crippen molar-refractivity contribution in [2.45, 2.75) is 44.2 Å². The van der Waals surface area contributed by atoms with Crippen LogP contribution in [-0.4, -0.2) is 69.9 Å². The van der Waals surface area contributed by atoms with Gasteiger partial charge in [0.2, 0.25) is 0 Å². The van der Waals surface area contributed by atoms with Gasteiger partial charge in [0.25, 0.3) is 5.91 Å². The largest absolute Gasteiger partial charge is 0.335 e. The zero-order valence-corrected chi connectivity index (χ0v) is 13.9. The molecular formula is C18H24N4O2. The lowest BCUT2D eigenvalue weighted by Gasteiger charge is -2.36. The Morgan fingerprint density at radius 3 is 2.62 bits per heavy atom. The number of amides is 3. The zero-order valence-electron chi connectivity index (χ0n) is 13.9. The third-order valence-corrected chi connectivity index (χ3v) is 5.59. The summed E-state index contributed by atoms with van der Waals surface area (Å²) in [5.74, 6) is 0.0197. The van der Waals surface area contributed by atoms with Gasteiger partial charge in [-0.1, -0.05) is 19.3 Å². The molecule has 1 aromatic heterocycles. The first-order chi connectivity index (χ1) is 11.7. The van der Waals surface area contributed by atoms with Crippen LogP contribution in [-0.2, 0) is 0 Å². The Kier molecular flexibility index (Phi) is 4.12. The fraction of sp³-hybridized carbons (Fsp3) is 0.611. The summed E-state index contributed by atoms with van der Waals surface area (Å²) >= 11 is 0. The van der Waals surface area contributed by atoms with E-state index in [-0.39, 0.29) is 18.0 Å². The van der Waals surface area contributed by atoms with Gasteiger partial charge in [-0.15, -0.1) is 0 Å². The van der Waals surface area contributed by atoms with Gasteiger partial charge < -0.3 is 14.7 Å². The van der Waals surface area contributed by atoms with Crippen molar-refractivity contribution in [3.05, 3.63) is 30.1 Å². The van der Waals surface area contributed by atoms with Crippen molar-refractivity contribution in [1.29, 1.82) is 0 Å². The van der Waals surface area contributed by atoms with E-state index in [1.807, 2.05) is 9.80 Å². The first-order valence-electron chi connectivity index (χ1n) is 9.00. The average Bonchev–Trinajstić information content (AvgIpc) is 2.99. The molecule has 1 aliphatic carbocycles. The quantitative estimate of drug-likeness (QED) is 0.834. The van der Waals surface area contributed by atoms with Crippen molar-refractivity contribution in [3.8, 4) is 0 Å². The van der Waals surface area contributed by atoms with E-state index >= 15 is 0 Å². The number of carbonyl (C=O) groups excluding carboxylic acids is 2. The van der Waals surface area contributed by atoms with E-state index in [0.29, 0.717) is 31.2 Å². The van der Waals surface area contributed by atoms with Crippen LogP contribution in [0.2, 0.25) is 0 Å². The van der Waals surface area contributed by atoms with Crippen LogP contribution in [0.5, 0.6) is 0 Å². The number of rotatable bonds is 2. The fourth-order valence-electron chi connectivity index (χ4n) is 4.29. The maximum absolute atomic E-state index is 12.7. The molecule has 0 aromatic carbocycles. The minimum atomic E-state index is 0.0197. The molecule has 6 nitrogen and oxygen atoms in total. The van der Waals surface area contributed by atoms with Gasteiger partial charge in [-0.05, 0) is 25.0 Å². The molecule has 1 saturated carbocycles. The monoisotopic (exact) mass is 328 g/mol. The van der Waals surface area contributed by atoms with Gasteiger partial charge in [0.1, 0.15) is 0 Å². The first-order valence-corrected chi connectivity index (χ1v) is 9.00. The van der Waals surface area contributed by atoms with Gasteiger partial charge in [0, 0.05) is 44.6 Å². The number of hydrogen-bond donors (Lipinski definition) is 0.